The van der Waals surface area contributed by atoms with Gasteiger partial charge in [-0.2, -0.15) is 0 Å². The van der Waals surface area contributed by atoms with Crippen LogP contribution in [0.2, 0.25) is 5.02 Å². The van der Waals surface area contributed by atoms with Crippen molar-refractivity contribution in [3.8, 4) is 0 Å². The summed E-state index contributed by atoms with van der Waals surface area (Å²) in [6, 6.07) is 4.99. The van der Waals surface area contributed by atoms with Crippen molar-refractivity contribution in [2.24, 2.45) is 11.7 Å². The second-order valence-electron chi connectivity index (χ2n) is 5.75. The highest BCUT2D eigenvalue weighted by molar-refractivity contribution is 8.00. The SMILES string of the molecule is CC(C)CCN1C(N)C(c2cccc(Cl)c2F)S[C@@H]1CO. The van der Waals surface area contributed by atoms with Crippen LogP contribution in [0.5, 0.6) is 0 Å². The van der Waals surface area contributed by atoms with E-state index in [0.29, 0.717) is 11.5 Å². The van der Waals surface area contributed by atoms with Gasteiger partial charge in [-0.3, -0.25) is 4.90 Å². The summed E-state index contributed by atoms with van der Waals surface area (Å²) in [4.78, 5) is 2.07. The third-order valence-electron chi connectivity index (χ3n) is 3.78. The Balaban J connectivity index is 2.20. The minimum Gasteiger partial charge on any atom is -0.394 e. The summed E-state index contributed by atoms with van der Waals surface area (Å²) in [6.45, 7) is 5.11. The molecule has 0 bridgehead atoms. The molecule has 0 saturated carbocycles. The van der Waals surface area contributed by atoms with Gasteiger partial charge in [-0.05, 0) is 18.4 Å². The second kappa shape index (κ2) is 7.29. The Labute approximate surface area is 134 Å². The standard InChI is InChI=1S/C15H22ClFN2OS/c1-9(2)6-7-19-12(8-20)21-14(15(19)18)10-4-3-5-11(16)13(10)17/h3-5,9,12,14-15,20H,6-8,18H2,1-2H3/t12-,14?,15?/m1/s1. The molecule has 3 N–H and O–H groups in total. The Morgan fingerprint density at radius 2 is 2.19 bits per heavy atom. The molecule has 21 heavy (non-hydrogen) atoms. The van der Waals surface area contributed by atoms with Crippen molar-refractivity contribution in [1.29, 1.82) is 0 Å². The summed E-state index contributed by atoms with van der Waals surface area (Å²) in [6.07, 6.45) is 0.675. The average molecular weight is 333 g/mol. The van der Waals surface area contributed by atoms with Crippen LogP contribution in [0.1, 0.15) is 31.1 Å². The number of hydrogen-bond acceptors (Lipinski definition) is 4. The van der Waals surface area contributed by atoms with Crippen LogP contribution in [0.25, 0.3) is 0 Å². The lowest BCUT2D eigenvalue weighted by molar-refractivity contribution is 0.141. The van der Waals surface area contributed by atoms with Crippen LogP contribution in [0.4, 0.5) is 4.39 Å². The summed E-state index contributed by atoms with van der Waals surface area (Å²) in [7, 11) is 0. The Kier molecular flexibility index (Phi) is 5.91. The molecule has 0 spiro atoms. The van der Waals surface area contributed by atoms with Crippen LogP contribution in [0.15, 0.2) is 18.2 Å². The van der Waals surface area contributed by atoms with Crippen LogP contribution >= 0.6 is 23.4 Å². The number of benzene rings is 1. The zero-order chi connectivity index (χ0) is 15.6. The van der Waals surface area contributed by atoms with Gasteiger partial charge >= 0.3 is 0 Å². The smallest absolute Gasteiger partial charge is 0.146 e. The number of thioether (sulfide) groups is 1. The van der Waals surface area contributed by atoms with E-state index >= 15 is 0 Å². The molecule has 1 aliphatic heterocycles. The third-order valence-corrected chi connectivity index (χ3v) is 5.63. The highest BCUT2D eigenvalue weighted by Gasteiger charge is 2.41. The fraction of sp³-hybridized carbons (Fsp3) is 0.600. The predicted molar refractivity (Wildman–Crippen MR) is 86.8 cm³/mol. The maximum Gasteiger partial charge on any atom is 0.146 e. The van der Waals surface area contributed by atoms with Crippen molar-refractivity contribution in [2.75, 3.05) is 13.2 Å². The molecule has 0 aliphatic carbocycles. The second-order valence-corrected chi connectivity index (χ2v) is 7.48. The first-order valence-corrected chi connectivity index (χ1v) is 8.49. The molecule has 0 radical (unpaired) electrons. The van der Waals surface area contributed by atoms with Gasteiger partial charge < -0.3 is 10.8 Å². The molecule has 1 heterocycles. The van der Waals surface area contributed by atoms with Crippen molar-refractivity contribution < 1.29 is 9.50 Å². The summed E-state index contributed by atoms with van der Waals surface area (Å²) in [5, 5.41) is 9.37. The lowest BCUT2D eigenvalue weighted by atomic mass is 10.1. The van der Waals surface area contributed by atoms with E-state index in [1.54, 1.807) is 12.1 Å². The van der Waals surface area contributed by atoms with E-state index in [1.165, 1.54) is 17.8 Å². The molecule has 1 aliphatic rings. The van der Waals surface area contributed by atoms with Gasteiger partial charge in [0, 0.05) is 12.1 Å². The normalized spacial score (nSPS) is 26.7. The maximum absolute atomic E-state index is 14.2. The predicted octanol–water partition coefficient (Wildman–Crippen LogP) is 3.22. The van der Waals surface area contributed by atoms with Crippen molar-refractivity contribution in [3.05, 3.63) is 34.6 Å². The number of nitrogens with two attached hydrogens (primary N) is 1. The minimum atomic E-state index is -0.408. The first kappa shape index (κ1) is 17.0. The van der Waals surface area contributed by atoms with Crippen molar-refractivity contribution in [3.63, 3.8) is 0 Å². The molecule has 1 saturated heterocycles. The lowest BCUT2D eigenvalue weighted by Crippen LogP contribution is -2.45. The lowest BCUT2D eigenvalue weighted by Gasteiger charge is -2.27. The number of hydrogen-bond donors (Lipinski definition) is 2. The van der Waals surface area contributed by atoms with Gasteiger partial charge in [-0.1, -0.05) is 37.6 Å². The van der Waals surface area contributed by atoms with Crippen LogP contribution in [0.3, 0.4) is 0 Å². The molecule has 0 aromatic heterocycles. The zero-order valence-electron chi connectivity index (χ0n) is 12.3. The number of aliphatic hydroxyl groups is 1. The third kappa shape index (κ3) is 3.71. The monoisotopic (exact) mass is 332 g/mol. The van der Waals surface area contributed by atoms with Gasteiger partial charge in [0.1, 0.15) is 5.82 Å². The van der Waals surface area contributed by atoms with E-state index in [9.17, 15) is 9.50 Å². The van der Waals surface area contributed by atoms with Gasteiger partial charge in [0.25, 0.3) is 0 Å². The fourth-order valence-corrected chi connectivity index (χ4v) is 4.19. The number of halogens is 2. The van der Waals surface area contributed by atoms with Crippen LogP contribution in [-0.4, -0.2) is 34.7 Å². The highest BCUT2D eigenvalue weighted by atomic mass is 35.5. The number of nitrogens with zero attached hydrogens (tertiary/aromatic N) is 1. The first-order chi connectivity index (χ1) is 9.95. The Hall–Kier alpha value is -0.330. The largest absolute Gasteiger partial charge is 0.394 e. The van der Waals surface area contributed by atoms with Gasteiger partial charge in [0.2, 0.25) is 0 Å². The summed E-state index contributed by atoms with van der Waals surface area (Å²) in [5.41, 5.74) is 6.83. The van der Waals surface area contributed by atoms with E-state index in [2.05, 4.69) is 18.7 Å². The molecular formula is C15H22ClFN2OS. The van der Waals surface area contributed by atoms with Crippen LogP contribution in [-0.2, 0) is 0 Å². The summed E-state index contributed by atoms with van der Waals surface area (Å²) >= 11 is 7.37. The molecule has 2 rings (SSSR count). The van der Waals surface area contributed by atoms with Crippen molar-refractivity contribution in [2.45, 2.75) is 37.1 Å². The van der Waals surface area contributed by atoms with E-state index in [-0.39, 0.29) is 28.4 Å². The van der Waals surface area contributed by atoms with Crippen LogP contribution < -0.4 is 5.73 Å². The topological polar surface area (TPSA) is 49.5 Å². The molecule has 0 amide bonds. The van der Waals surface area contributed by atoms with E-state index in [0.717, 1.165) is 13.0 Å². The van der Waals surface area contributed by atoms with E-state index in [4.69, 9.17) is 17.3 Å². The minimum absolute atomic E-state index is 0.00907. The van der Waals surface area contributed by atoms with E-state index < -0.39 is 5.82 Å². The first-order valence-electron chi connectivity index (χ1n) is 7.17. The summed E-state index contributed by atoms with van der Waals surface area (Å²) < 4.78 is 14.2. The van der Waals surface area contributed by atoms with Gasteiger partial charge in [-0.15, -0.1) is 11.8 Å². The zero-order valence-corrected chi connectivity index (χ0v) is 13.9. The molecule has 1 fully saturated rings. The quantitative estimate of drug-likeness (QED) is 0.869. The highest BCUT2D eigenvalue weighted by Crippen LogP contribution is 2.45. The van der Waals surface area contributed by atoms with Crippen molar-refractivity contribution in [1.82, 2.24) is 4.90 Å². The molecule has 1 aromatic rings. The van der Waals surface area contributed by atoms with Gasteiger partial charge in [0.05, 0.1) is 28.4 Å². The average Bonchev–Trinajstić information content (AvgIpc) is 2.76. The number of aliphatic hydroxyl groups excluding tert-OH is 1. The fourth-order valence-electron chi connectivity index (χ4n) is 2.54. The molecule has 6 heteroatoms. The molecule has 118 valence electrons. The number of rotatable bonds is 5. The Bertz CT molecular complexity index is 489. The maximum atomic E-state index is 14.2. The Morgan fingerprint density at radius 1 is 1.48 bits per heavy atom. The van der Waals surface area contributed by atoms with Gasteiger partial charge in [-0.25, -0.2) is 4.39 Å². The Morgan fingerprint density at radius 3 is 2.81 bits per heavy atom. The van der Waals surface area contributed by atoms with Crippen molar-refractivity contribution >= 4 is 23.4 Å². The summed E-state index contributed by atoms with van der Waals surface area (Å²) in [5.74, 6) is 0.151. The van der Waals surface area contributed by atoms with E-state index in [1.807, 2.05) is 0 Å². The molecule has 1 aromatic carbocycles. The molecule has 2 unspecified atom stereocenters. The molecule has 3 atom stereocenters. The molecular weight excluding hydrogens is 311 g/mol. The molecule has 3 nitrogen and oxygen atoms in total. The van der Waals surface area contributed by atoms with Crippen LogP contribution in [0, 0.1) is 11.7 Å². The van der Waals surface area contributed by atoms with Gasteiger partial charge in [0.15, 0.2) is 0 Å².